The van der Waals surface area contributed by atoms with E-state index < -0.39 is 35.2 Å². The fraction of sp³-hybridized carbons (Fsp3) is 0.833. The van der Waals surface area contributed by atoms with E-state index in [0.29, 0.717) is 13.0 Å². The molecule has 0 unspecified atom stereocenters. The van der Waals surface area contributed by atoms with Gasteiger partial charge in [-0.15, -0.1) is 0 Å². The molecule has 1 amide bonds. The van der Waals surface area contributed by atoms with E-state index in [4.69, 9.17) is 23.7 Å². The van der Waals surface area contributed by atoms with Crippen molar-refractivity contribution in [1.29, 1.82) is 0 Å². The zero-order chi connectivity index (χ0) is 23.9. The lowest BCUT2D eigenvalue weighted by atomic mass is 9.68. The van der Waals surface area contributed by atoms with E-state index in [-0.39, 0.29) is 23.7 Å². The maximum atomic E-state index is 12.8. The Kier molecular flexibility index (Phi) is 6.99. The lowest BCUT2D eigenvalue weighted by Gasteiger charge is -2.42. The number of carbonyl (C=O) groups excluding carboxylic acids is 2. The Hall–Kier alpha value is -1.64. The number of allylic oxidation sites excluding steroid dienone is 1. The number of hydrogen-bond donors (Lipinski definition) is 1. The largest absolute Gasteiger partial charge is 0.467 e. The van der Waals surface area contributed by atoms with E-state index in [1.165, 1.54) is 12.7 Å². The van der Waals surface area contributed by atoms with Gasteiger partial charge in [-0.05, 0) is 45.4 Å². The number of alkyl carbamates (subject to hydrolysis) is 1. The highest BCUT2D eigenvalue weighted by molar-refractivity contribution is 5.82. The van der Waals surface area contributed by atoms with Crippen molar-refractivity contribution in [2.24, 2.45) is 11.3 Å². The van der Waals surface area contributed by atoms with Gasteiger partial charge in [0, 0.05) is 7.11 Å². The van der Waals surface area contributed by atoms with E-state index in [1.807, 2.05) is 20.8 Å². The molecule has 1 N–H and O–H groups in total. The number of epoxide rings is 2. The van der Waals surface area contributed by atoms with Crippen LogP contribution in [0.5, 0.6) is 0 Å². The van der Waals surface area contributed by atoms with Gasteiger partial charge in [-0.1, -0.05) is 32.4 Å². The van der Waals surface area contributed by atoms with E-state index in [1.54, 1.807) is 7.11 Å². The maximum Gasteiger partial charge on any atom is 0.408 e. The number of nitrogens with one attached hydrogen (secondary N) is 1. The smallest absolute Gasteiger partial charge is 0.408 e. The van der Waals surface area contributed by atoms with Crippen molar-refractivity contribution < 1.29 is 33.3 Å². The third kappa shape index (κ3) is 4.97. The first-order chi connectivity index (χ1) is 14.9. The summed E-state index contributed by atoms with van der Waals surface area (Å²) in [6, 6.07) is -0.823. The highest BCUT2D eigenvalue weighted by Crippen LogP contribution is 2.59. The van der Waals surface area contributed by atoms with Crippen LogP contribution in [-0.2, 0) is 28.5 Å². The second kappa shape index (κ2) is 8.95. The number of hydrogen-bond acceptors (Lipinski definition) is 7. The fourth-order valence-corrected chi connectivity index (χ4v) is 5.11. The SMILES string of the molecule is COC(=O)[C@H](NC(=O)O[C@@H]1CC[C@]2(CO2)[C@@H]([C@]2(C)O[C@H]2CC=C(C)C)[C@@H]1OC)C(C)(C)C. The minimum atomic E-state index is -0.823. The standard InChI is InChI=1S/C24H39NO7/c1-14(2)9-10-16-23(6,32-16)18-17(28-7)15(11-12-24(18)13-30-24)31-21(27)25-19(20(26)29-8)22(3,4)5/h9,15-19H,10-13H2,1-8H3,(H,25,27)/t15-,16+,17-,18-,19+,23-,24+/m1/s1. The molecule has 8 heteroatoms. The van der Waals surface area contributed by atoms with Crippen LogP contribution in [0.2, 0.25) is 0 Å². The molecule has 2 aliphatic heterocycles. The number of carbonyl (C=O) groups is 2. The van der Waals surface area contributed by atoms with Gasteiger partial charge in [0.05, 0.1) is 25.7 Å². The molecule has 1 aliphatic carbocycles. The molecule has 0 bridgehead atoms. The van der Waals surface area contributed by atoms with E-state index in [9.17, 15) is 9.59 Å². The van der Waals surface area contributed by atoms with Crippen LogP contribution in [0.3, 0.4) is 0 Å². The molecule has 3 rings (SSSR count). The van der Waals surface area contributed by atoms with Gasteiger partial charge in [0.25, 0.3) is 0 Å². The summed E-state index contributed by atoms with van der Waals surface area (Å²) in [5, 5.41) is 2.69. The van der Waals surface area contributed by atoms with Crippen LogP contribution in [0.1, 0.15) is 60.8 Å². The predicted molar refractivity (Wildman–Crippen MR) is 118 cm³/mol. The molecule has 2 heterocycles. The zero-order valence-corrected chi connectivity index (χ0v) is 20.7. The van der Waals surface area contributed by atoms with Gasteiger partial charge >= 0.3 is 12.1 Å². The number of ether oxygens (including phenoxy) is 5. The summed E-state index contributed by atoms with van der Waals surface area (Å²) in [6.07, 6.45) is 2.99. The summed E-state index contributed by atoms with van der Waals surface area (Å²) in [6.45, 7) is 12.5. The molecule has 3 fully saturated rings. The molecular formula is C24H39NO7. The zero-order valence-electron chi connectivity index (χ0n) is 20.7. The van der Waals surface area contributed by atoms with Gasteiger partial charge < -0.3 is 29.0 Å². The number of esters is 1. The molecule has 0 aromatic carbocycles. The first kappa shape index (κ1) is 25.0. The topological polar surface area (TPSA) is 98.9 Å². The molecule has 182 valence electrons. The summed E-state index contributed by atoms with van der Waals surface area (Å²) in [5.74, 6) is -0.563. The highest BCUT2D eigenvalue weighted by atomic mass is 16.6. The Balaban J connectivity index is 1.72. The number of rotatable bonds is 7. The molecule has 0 radical (unpaired) electrons. The molecule has 7 atom stereocenters. The molecule has 0 aromatic rings. The first-order valence-electron chi connectivity index (χ1n) is 11.4. The van der Waals surface area contributed by atoms with E-state index in [2.05, 4.69) is 32.2 Å². The highest BCUT2D eigenvalue weighted by Gasteiger charge is 2.72. The van der Waals surface area contributed by atoms with Crippen LogP contribution in [-0.4, -0.2) is 68.4 Å². The molecule has 32 heavy (non-hydrogen) atoms. The maximum absolute atomic E-state index is 12.8. The Bertz CT molecular complexity index is 750. The van der Waals surface area contributed by atoms with Crippen molar-refractivity contribution in [1.82, 2.24) is 5.32 Å². The van der Waals surface area contributed by atoms with Crippen molar-refractivity contribution in [3.63, 3.8) is 0 Å². The summed E-state index contributed by atoms with van der Waals surface area (Å²) in [5.41, 5.74) is 0.0398. The number of methoxy groups -OCH3 is 2. The lowest BCUT2D eigenvalue weighted by Crippen LogP contribution is -2.57. The fourth-order valence-electron chi connectivity index (χ4n) is 5.11. The van der Waals surface area contributed by atoms with Gasteiger partial charge in [0.15, 0.2) is 0 Å². The summed E-state index contributed by atoms with van der Waals surface area (Å²) >= 11 is 0. The third-order valence-corrected chi connectivity index (χ3v) is 7.06. The van der Waals surface area contributed by atoms with Crippen molar-refractivity contribution in [2.75, 3.05) is 20.8 Å². The van der Waals surface area contributed by atoms with Gasteiger partial charge in [0.2, 0.25) is 0 Å². The van der Waals surface area contributed by atoms with Crippen molar-refractivity contribution >= 4 is 12.1 Å². The molecule has 3 aliphatic rings. The Morgan fingerprint density at radius 3 is 2.41 bits per heavy atom. The van der Waals surface area contributed by atoms with Crippen LogP contribution in [0.4, 0.5) is 4.79 Å². The van der Waals surface area contributed by atoms with Gasteiger partial charge in [-0.3, -0.25) is 0 Å². The average molecular weight is 454 g/mol. The van der Waals surface area contributed by atoms with Crippen LogP contribution < -0.4 is 5.32 Å². The van der Waals surface area contributed by atoms with Crippen molar-refractivity contribution in [2.45, 2.75) is 96.4 Å². The Labute approximate surface area is 191 Å². The molecule has 8 nitrogen and oxygen atoms in total. The minimum Gasteiger partial charge on any atom is -0.467 e. The van der Waals surface area contributed by atoms with Crippen molar-refractivity contribution in [3.05, 3.63) is 11.6 Å². The van der Waals surface area contributed by atoms with Crippen LogP contribution in [0, 0.1) is 11.3 Å². The second-order valence-electron chi connectivity index (χ2n) is 10.8. The van der Waals surface area contributed by atoms with Crippen LogP contribution in [0.15, 0.2) is 11.6 Å². The average Bonchev–Trinajstić information content (AvgIpc) is 3.62. The molecule has 1 spiro atoms. The van der Waals surface area contributed by atoms with Crippen molar-refractivity contribution in [3.8, 4) is 0 Å². The monoisotopic (exact) mass is 453 g/mol. The molecule has 2 saturated heterocycles. The summed E-state index contributed by atoms with van der Waals surface area (Å²) < 4.78 is 28.7. The first-order valence-corrected chi connectivity index (χ1v) is 11.4. The van der Waals surface area contributed by atoms with Gasteiger partial charge in [-0.2, -0.15) is 0 Å². The lowest BCUT2D eigenvalue weighted by molar-refractivity contribution is -0.146. The molecule has 0 aromatic heterocycles. The second-order valence-corrected chi connectivity index (χ2v) is 10.8. The third-order valence-electron chi connectivity index (χ3n) is 7.06. The predicted octanol–water partition coefficient (Wildman–Crippen LogP) is 3.38. The van der Waals surface area contributed by atoms with E-state index >= 15 is 0 Å². The van der Waals surface area contributed by atoms with Crippen LogP contribution >= 0.6 is 0 Å². The summed E-state index contributed by atoms with van der Waals surface area (Å²) in [7, 11) is 2.94. The minimum absolute atomic E-state index is 0.0545. The number of amides is 1. The molecular weight excluding hydrogens is 414 g/mol. The molecule has 1 saturated carbocycles. The quantitative estimate of drug-likeness (QED) is 0.358. The Morgan fingerprint density at radius 2 is 1.91 bits per heavy atom. The van der Waals surface area contributed by atoms with Gasteiger partial charge in [0.1, 0.15) is 29.5 Å². The van der Waals surface area contributed by atoms with E-state index in [0.717, 1.165) is 12.8 Å². The Morgan fingerprint density at radius 1 is 1.25 bits per heavy atom. The van der Waals surface area contributed by atoms with Crippen LogP contribution in [0.25, 0.3) is 0 Å². The normalized spacial score (nSPS) is 36.8. The van der Waals surface area contributed by atoms with Gasteiger partial charge in [-0.25, -0.2) is 9.59 Å². The summed E-state index contributed by atoms with van der Waals surface area (Å²) in [4.78, 5) is 25.0.